The second-order valence-electron chi connectivity index (χ2n) is 5.38. The van der Waals surface area contributed by atoms with E-state index in [0.717, 1.165) is 18.7 Å². The number of amides is 1. The maximum Gasteiger partial charge on any atom is 0.242 e. The van der Waals surface area contributed by atoms with Gasteiger partial charge in [-0.3, -0.25) is 4.79 Å². The molecule has 5 nitrogen and oxygen atoms in total. The first kappa shape index (κ1) is 15.0. The van der Waals surface area contributed by atoms with Crippen molar-refractivity contribution in [2.24, 2.45) is 5.73 Å². The van der Waals surface area contributed by atoms with Crippen LogP contribution in [-0.2, 0) is 24.2 Å². The van der Waals surface area contributed by atoms with Crippen LogP contribution in [0.15, 0.2) is 0 Å². The third kappa shape index (κ3) is 3.36. The Balaban J connectivity index is 2.04. The van der Waals surface area contributed by atoms with E-state index < -0.39 is 0 Å². The van der Waals surface area contributed by atoms with Gasteiger partial charge in [-0.15, -0.1) is 0 Å². The molecule has 110 valence electrons. The molecule has 0 aromatic carbocycles. The van der Waals surface area contributed by atoms with Gasteiger partial charge in [-0.05, 0) is 32.6 Å². The highest BCUT2D eigenvalue weighted by Crippen LogP contribution is 2.22. The molecule has 0 spiro atoms. The largest absolute Gasteiger partial charge is 0.393 e. The number of fused-ring (bicyclic) bond motifs is 1. The molecule has 1 aromatic heterocycles. The quantitative estimate of drug-likeness (QED) is 0.829. The van der Waals surface area contributed by atoms with E-state index in [2.05, 4.69) is 9.55 Å². The molecule has 0 radical (unpaired) electrons. The number of hydrogen-bond donors (Lipinski definition) is 1. The summed E-state index contributed by atoms with van der Waals surface area (Å²) in [7, 11) is 1.79. The first-order valence-corrected chi connectivity index (χ1v) is 7.47. The molecule has 0 unspecified atom stereocenters. The minimum atomic E-state index is 0.0788. The van der Waals surface area contributed by atoms with Crippen LogP contribution >= 0.6 is 12.2 Å². The van der Waals surface area contributed by atoms with Gasteiger partial charge in [0, 0.05) is 25.7 Å². The molecule has 1 heterocycles. The van der Waals surface area contributed by atoms with E-state index in [1.54, 1.807) is 11.9 Å². The Labute approximate surface area is 125 Å². The topological polar surface area (TPSA) is 64.2 Å². The van der Waals surface area contributed by atoms with Crippen LogP contribution in [0.2, 0.25) is 0 Å². The molecule has 0 bridgehead atoms. The van der Waals surface area contributed by atoms with Gasteiger partial charge in [0.05, 0.1) is 10.7 Å². The molecule has 2 N–H and O–H groups in total. The average Bonchev–Trinajstić information content (AvgIpc) is 2.72. The number of imidazole rings is 1. The van der Waals surface area contributed by atoms with Crippen molar-refractivity contribution >= 4 is 23.1 Å². The van der Waals surface area contributed by atoms with Crippen LogP contribution in [0.5, 0.6) is 0 Å². The third-order valence-corrected chi connectivity index (χ3v) is 4.04. The highest BCUT2D eigenvalue weighted by Gasteiger charge is 2.20. The molecule has 1 aliphatic rings. The van der Waals surface area contributed by atoms with Gasteiger partial charge in [0.2, 0.25) is 5.91 Å². The lowest BCUT2D eigenvalue weighted by Gasteiger charge is -2.19. The van der Waals surface area contributed by atoms with Crippen molar-refractivity contribution < 1.29 is 4.79 Å². The zero-order valence-corrected chi connectivity index (χ0v) is 13.0. The van der Waals surface area contributed by atoms with Crippen molar-refractivity contribution in [3.63, 3.8) is 0 Å². The predicted molar refractivity (Wildman–Crippen MR) is 82.6 cm³/mol. The van der Waals surface area contributed by atoms with Crippen LogP contribution in [-0.4, -0.2) is 38.9 Å². The van der Waals surface area contributed by atoms with Crippen molar-refractivity contribution in [3.05, 3.63) is 17.2 Å². The molecule has 1 aromatic rings. The van der Waals surface area contributed by atoms with Crippen molar-refractivity contribution in [2.75, 3.05) is 13.6 Å². The summed E-state index contributed by atoms with van der Waals surface area (Å²) in [6.45, 7) is 2.91. The van der Waals surface area contributed by atoms with Crippen LogP contribution in [0.1, 0.15) is 36.5 Å². The fourth-order valence-electron chi connectivity index (χ4n) is 2.60. The van der Waals surface area contributed by atoms with Gasteiger partial charge in [0.15, 0.2) is 0 Å². The fraction of sp³-hybridized carbons (Fsp3) is 0.643. The van der Waals surface area contributed by atoms with Gasteiger partial charge < -0.3 is 15.2 Å². The summed E-state index contributed by atoms with van der Waals surface area (Å²) in [5.74, 6) is 1.02. The van der Waals surface area contributed by atoms with Gasteiger partial charge in [-0.25, -0.2) is 4.98 Å². The molecule has 0 fully saturated rings. The summed E-state index contributed by atoms with van der Waals surface area (Å²) in [4.78, 5) is 19.0. The molecule has 2 rings (SSSR count). The highest BCUT2D eigenvalue weighted by atomic mass is 32.1. The van der Waals surface area contributed by atoms with Crippen LogP contribution in [0.25, 0.3) is 0 Å². The minimum absolute atomic E-state index is 0.0788. The van der Waals surface area contributed by atoms with E-state index in [1.807, 2.05) is 6.92 Å². The Hall–Kier alpha value is -1.43. The number of nitrogens with zero attached hydrogens (tertiary/aromatic N) is 3. The van der Waals surface area contributed by atoms with Crippen LogP contribution in [0.4, 0.5) is 0 Å². The smallest absolute Gasteiger partial charge is 0.242 e. The van der Waals surface area contributed by atoms with Gasteiger partial charge in [0.25, 0.3) is 0 Å². The van der Waals surface area contributed by atoms with E-state index in [9.17, 15) is 4.79 Å². The van der Waals surface area contributed by atoms with E-state index in [0.29, 0.717) is 24.5 Å². The molecule has 6 heteroatoms. The molecule has 1 amide bonds. The standard InChI is InChI=1S/C14H22N4OS/c1-10-16-11-5-3-4-6-12(11)18(10)9-14(19)17(2)8-7-13(15)20/h3-9H2,1-2H3,(H2,15,20). The lowest BCUT2D eigenvalue weighted by molar-refractivity contribution is -0.130. The minimum Gasteiger partial charge on any atom is -0.393 e. The molecule has 0 saturated heterocycles. The average molecular weight is 294 g/mol. The maximum atomic E-state index is 12.3. The van der Waals surface area contributed by atoms with Crippen molar-refractivity contribution in [2.45, 2.75) is 45.6 Å². The summed E-state index contributed by atoms with van der Waals surface area (Å²) in [6, 6.07) is 0. The van der Waals surface area contributed by atoms with Gasteiger partial charge in [-0.2, -0.15) is 0 Å². The number of likely N-dealkylation sites (N-methyl/N-ethyl adjacent to an activating group) is 1. The lowest BCUT2D eigenvalue weighted by atomic mass is 10.0. The van der Waals surface area contributed by atoms with Crippen LogP contribution in [0.3, 0.4) is 0 Å². The highest BCUT2D eigenvalue weighted by molar-refractivity contribution is 7.80. The number of carbonyl (C=O) groups excluding carboxylic acids is 1. The normalized spacial score (nSPS) is 13.9. The molecule has 20 heavy (non-hydrogen) atoms. The molecular weight excluding hydrogens is 272 g/mol. The summed E-state index contributed by atoms with van der Waals surface area (Å²) in [5.41, 5.74) is 7.88. The Kier molecular flexibility index (Phi) is 4.75. The van der Waals surface area contributed by atoms with E-state index in [-0.39, 0.29) is 5.91 Å². The van der Waals surface area contributed by atoms with Crippen molar-refractivity contribution in [1.29, 1.82) is 0 Å². The molecule has 0 aliphatic heterocycles. The molecular formula is C14H22N4OS. The number of rotatable bonds is 5. The summed E-state index contributed by atoms with van der Waals surface area (Å²) < 4.78 is 2.06. The Morgan fingerprint density at radius 1 is 1.45 bits per heavy atom. The fourth-order valence-corrected chi connectivity index (χ4v) is 2.70. The van der Waals surface area contributed by atoms with Gasteiger partial charge in [-0.1, -0.05) is 12.2 Å². The van der Waals surface area contributed by atoms with Crippen LogP contribution < -0.4 is 5.73 Å². The predicted octanol–water partition coefficient (Wildman–Crippen LogP) is 1.20. The number of carbonyl (C=O) groups is 1. The number of hydrogen-bond acceptors (Lipinski definition) is 3. The zero-order valence-electron chi connectivity index (χ0n) is 12.2. The lowest BCUT2D eigenvalue weighted by Crippen LogP contribution is -2.33. The second-order valence-corrected chi connectivity index (χ2v) is 5.90. The van der Waals surface area contributed by atoms with Crippen molar-refractivity contribution in [1.82, 2.24) is 14.5 Å². The van der Waals surface area contributed by atoms with Gasteiger partial charge in [0.1, 0.15) is 12.4 Å². The molecule has 0 saturated carbocycles. The Morgan fingerprint density at radius 2 is 2.15 bits per heavy atom. The summed E-state index contributed by atoms with van der Waals surface area (Å²) in [6.07, 6.45) is 5.02. The third-order valence-electron chi connectivity index (χ3n) is 3.84. The first-order valence-electron chi connectivity index (χ1n) is 7.06. The van der Waals surface area contributed by atoms with E-state index in [4.69, 9.17) is 18.0 Å². The maximum absolute atomic E-state index is 12.3. The number of nitrogens with two attached hydrogens (primary N) is 1. The van der Waals surface area contributed by atoms with E-state index in [1.165, 1.54) is 24.2 Å². The SMILES string of the molecule is Cc1nc2c(n1CC(=O)N(C)CCC(N)=S)CCCC2. The summed E-state index contributed by atoms with van der Waals surface area (Å²) in [5, 5.41) is 0. The monoisotopic (exact) mass is 294 g/mol. The van der Waals surface area contributed by atoms with Crippen molar-refractivity contribution in [3.8, 4) is 0 Å². The molecule has 1 aliphatic carbocycles. The van der Waals surface area contributed by atoms with Gasteiger partial charge >= 0.3 is 0 Å². The molecule has 0 atom stereocenters. The number of thiocarbonyl (C=S) groups is 1. The Bertz CT molecular complexity index is 523. The number of aromatic nitrogens is 2. The van der Waals surface area contributed by atoms with E-state index >= 15 is 0 Å². The zero-order chi connectivity index (χ0) is 14.7. The Morgan fingerprint density at radius 3 is 2.85 bits per heavy atom. The second kappa shape index (κ2) is 6.35. The summed E-state index contributed by atoms with van der Waals surface area (Å²) >= 11 is 4.84. The van der Waals surface area contributed by atoms with Crippen LogP contribution in [0, 0.1) is 6.92 Å². The number of aryl methyl sites for hydroxylation is 2. The first-order chi connectivity index (χ1) is 9.49.